The molecule has 0 heterocycles. The molecule has 0 bridgehead atoms. The first-order valence-electron chi connectivity index (χ1n) is 6.65. The largest absolute Gasteiger partial charge is 0.393 e. The molecule has 0 aliphatic heterocycles. The lowest BCUT2D eigenvalue weighted by Gasteiger charge is -2.16. The summed E-state index contributed by atoms with van der Waals surface area (Å²) in [5, 5.41) is 2.98. The topological polar surface area (TPSA) is 55.1 Å². The first-order valence-corrected chi connectivity index (χ1v) is 7.06. The lowest BCUT2D eigenvalue weighted by Crippen LogP contribution is -2.37. The van der Waals surface area contributed by atoms with Crippen LogP contribution in [0.2, 0.25) is 0 Å². The highest BCUT2D eigenvalue weighted by atomic mass is 32.1. The molecular formula is C15H22N2OS. The fourth-order valence-corrected chi connectivity index (χ4v) is 2.18. The molecule has 4 heteroatoms. The molecule has 1 atom stereocenters. The number of amides is 1. The van der Waals surface area contributed by atoms with Crippen molar-refractivity contribution < 1.29 is 4.79 Å². The Morgan fingerprint density at radius 2 is 2.11 bits per heavy atom. The van der Waals surface area contributed by atoms with Crippen LogP contribution in [0.3, 0.4) is 0 Å². The molecule has 0 spiro atoms. The van der Waals surface area contributed by atoms with Gasteiger partial charge in [-0.15, -0.1) is 0 Å². The van der Waals surface area contributed by atoms with Crippen LogP contribution in [-0.2, 0) is 11.2 Å². The van der Waals surface area contributed by atoms with Crippen LogP contribution in [0.5, 0.6) is 0 Å². The van der Waals surface area contributed by atoms with Gasteiger partial charge in [0.1, 0.15) is 0 Å². The predicted molar refractivity (Wildman–Crippen MR) is 83.1 cm³/mol. The summed E-state index contributed by atoms with van der Waals surface area (Å²) in [6.07, 6.45) is 2.68. The SMILES string of the molecule is CCC(CC(N)=S)NC(=O)CCc1ccccc1C. The third-order valence-electron chi connectivity index (χ3n) is 3.19. The number of nitrogens with one attached hydrogen (secondary N) is 1. The maximum Gasteiger partial charge on any atom is 0.220 e. The van der Waals surface area contributed by atoms with E-state index >= 15 is 0 Å². The van der Waals surface area contributed by atoms with Crippen molar-refractivity contribution in [2.75, 3.05) is 0 Å². The highest BCUT2D eigenvalue weighted by molar-refractivity contribution is 7.80. The van der Waals surface area contributed by atoms with Gasteiger partial charge in [-0.1, -0.05) is 43.4 Å². The number of carbonyl (C=O) groups excluding carboxylic acids is 1. The zero-order chi connectivity index (χ0) is 14.3. The van der Waals surface area contributed by atoms with E-state index in [2.05, 4.69) is 24.4 Å². The van der Waals surface area contributed by atoms with Crippen LogP contribution in [0.4, 0.5) is 0 Å². The van der Waals surface area contributed by atoms with E-state index in [4.69, 9.17) is 18.0 Å². The smallest absolute Gasteiger partial charge is 0.220 e. The van der Waals surface area contributed by atoms with Gasteiger partial charge >= 0.3 is 0 Å². The van der Waals surface area contributed by atoms with Crippen LogP contribution in [0, 0.1) is 6.92 Å². The molecule has 1 unspecified atom stereocenters. The Kier molecular flexibility index (Phi) is 6.50. The number of carbonyl (C=O) groups is 1. The number of benzene rings is 1. The molecule has 0 aliphatic rings. The number of aryl methyl sites for hydroxylation is 2. The summed E-state index contributed by atoms with van der Waals surface area (Å²) in [6.45, 7) is 4.08. The van der Waals surface area contributed by atoms with Crippen molar-refractivity contribution in [2.45, 2.75) is 45.6 Å². The molecule has 3 nitrogen and oxygen atoms in total. The quantitative estimate of drug-likeness (QED) is 0.753. The van der Waals surface area contributed by atoms with Crippen LogP contribution in [-0.4, -0.2) is 16.9 Å². The van der Waals surface area contributed by atoms with Crippen molar-refractivity contribution in [1.29, 1.82) is 0 Å². The molecule has 1 aromatic carbocycles. The summed E-state index contributed by atoms with van der Waals surface area (Å²) in [6, 6.07) is 8.20. The Labute approximate surface area is 120 Å². The van der Waals surface area contributed by atoms with Crippen LogP contribution >= 0.6 is 12.2 Å². The Morgan fingerprint density at radius 3 is 2.68 bits per heavy atom. The van der Waals surface area contributed by atoms with E-state index in [1.165, 1.54) is 11.1 Å². The first-order chi connectivity index (χ1) is 9.02. The van der Waals surface area contributed by atoms with E-state index in [1.807, 2.05) is 19.1 Å². The standard InChI is InChI=1S/C15H22N2OS/c1-3-13(10-14(16)19)17-15(18)9-8-12-7-5-4-6-11(12)2/h4-7,13H,3,8-10H2,1-2H3,(H2,16,19)(H,17,18). The second kappa shape index (κ2) is 7.89. The van der Waals surface area contributed by atoms with Gasteiger partial charge in [0.15, 0.2) is 0 Å². The van der Waals surface area contributed by atoms with Gasteiger partial charge < -0.3 is 11.1 Å². The Morgan fingerprint density at radius 1 is 1.42 bits per heavy atom. The monoisotopic (exact) mass is 278 g/mol. The van der Waals surface area contributed by atoms with Gasteiger partial charge in [0.05, 0.1) is 4.99 Å². The normalized spacial score (nSPS) is 11.9. The molecule has 1 amide bonds. The molecule has 0 radical (unpaired) electrons. The maximum atomic E-state index is 11.9. The van der Waals surface area contributed by atoms with Gasteiger partial charge in [-0.05, 0) is 30.9 Å². The molecule has 0 aromatic heterocycles. The van der Waals surface area contributed by atoms with Crippen molar-refractivity contribution in [2.24, 2.45) is 5.73 Å². The lowest BCUT2D eigenvalue weighted by atomic mass is 10.0. The Hall–Kier alpha value is -1.42. The molecule has 1 rings (SSSR count). The fourth-order valence-electron chi connectivity index (χ4n) is 1.98. The second-order valence-electron chi connectivity index (χ2n) is 4.77. The first kappa shape index (κ1) is 15.6. The fraction of sp³-hybridized carbons (Fsp3) is 0.467. The molecular weight excluding hydrogens is 256 g/mol. The van der Waals surface area contributed by atoms with Gasteiger partial charge in [0.25, 0.3) is 0 Å². The number of thiocarbonyl (C=S) groups is 1. The van der Waals surface area contributed by atoms with E-state index in [9.17, 15) is 4.79 Å². The zero-order valence-corrected chi connectivity index (χ0v) is 12.4. The van der Waals surface area contributed by atoms with Gasteiger partial charge in [-0.3, -0.25) is 4.79 Å². The van der Waals surface area contributed by atoms with Crippen LogP contribution in [0.15, 0.2) is 24.3 Å². The van der Waals surface area contributed by atoms with E-state index in [1.54, 1.807) is 0 Å². The van der Waals surface area contributed by atoms with Crippen LogP contribution in [0.25, 0.3) is 0 Å². The minimum absolute atomic E-state index is 0.0573. The zero-order valence-electron chi connectivity index (χ0n) is 11.6. The highest BCUT2D eigenvalue weighted by Gasteiger charge is 2.11. The molecule has 0 saturated heterocycles. The average molecular weight is 278 g/mol. The number of nitrogens with two attached hydrogens (primary N) is 1. The van der Waals surface area contributed by atoms with E-state index in [0.717, 1.165) is 12.8 Å². The summed E-state index contributed by atoms with van der Waals surface area (Å²) in [4.78, 5) is 12.3. The van der Waals surface area contributed by atoms with Gasteiger partial charge in [0, 0.05) is 18.9 Å². The number of hydrogen-bond acceptors (Lipinski definition) is 2. The Balaban J connectivity index is 2.43. The number of hydrogen-bond donors (Lipinski definition) is 2. The maximum absolute atomic E-state index is 11.9. The van der Waals surface area contributed by atoms with Crippen molar-refractivity contribution in [1.82, 2.24) is 5.32 Å². The van der Waals surface area contributed by atoms with Gasteiger partial charge in [0.2, 0.25) is 5.91 Å². The minimum Gasteiger partial charge on any atom is -0.393 e. The van der Waals surface area contributed by atoms with Crippen molar-refractivity contribution in [3.63, 3.8) is 0 Å². The van der Waals surface area contributed by atoms with E-state index in [-0.39, 0.29) is 11.9 Å². The molecule has 3 N–H and O–H groups in total. The average Bonchev–Trinajstić information content (AvgIpc) is 2.36. The summed E-state index contributed by atoms with van der Waals surface area (Å²) in [5.41, 5.74) is 7.96. The number of rotatable bonds is 7. The summed E-state index contributed by atoms with van der Waals surface area (Å²) in [5.74, 6) is 0.0614. The predicted octanol–water partition coefficient (Wildman–Crippen LogP) is 2.50. The minimum atomic E-state index is 0.0573. The highest BCUT2D eigenvalue weighted by Crippen LogP contribution is 2.09. The molecule has 0 fully saturated rings. The molecule has 104 valence electrons. The van der Waals surface area contributed by atoms with Crippen LogP contribution < -0.4 is 11.1 Å². The molecule has 1 aromatic rings. The molecule has 0 saturated carbocycles. The summed E-state index contributed by atoms with van der Waals surface area (Å²) < 4.78 is 0. The van der Waals surface area contributed by atoms with Crippen molar-refractivity contribution in [3.8, 4) is 0 Å². The van der Waals surface area contributed by atoms with E-state index in [0.29, 0.717) is 17.8 Å². The third kappa shape index (κ3) is 5.83. The Bertz CT molecular complexity index is 446. The third-order valence-corrected chi connectivity index (χ3v) is 3.35. The van der Waals surface area contributed by atoms with Crippen LogP contribution in [0.1, 0.15) is 37.3 Å². The summed E-state index contributed by atoms with van der Waals surface area (Å²) in [7, 11) is 0. The van der Waals surface area contributed by atoms with E-state index < -0.39 is 0 Å². The van der Waals surface area contributed by atoms with Gasteiger partial charge in [-0.25, -0.2) is 0 Å². The molecule has 0 aliphatic carbocycles. The van der Waals surface area contributed by atoms with Crippen molar-refractivity contribution >= 4 is 23.1 Å². The van der Waals surface area contributed by atoms with Crippen molar-refractivity contribution in [3.05, 3.63) is 35.4 Å². The lowest BCUT2D eigenvalue weighted by molar-refractivity contribution is -0.121. The van der Waals surface area contributed by atoms with Gasteiger partial charge in [-0.2, -0.15) is 0 Å². The second-order valence-corrected chi connectivity index (χ2v) is 5.29. The summed E-state index contributed by atoms with van der Waals surface area (Å²) >= 11 is 4.88. The molecule has 19 heavy (non-hydrogen) atoms.